The van der Waals surface area contributed by atoms with Crippen molar-refractivity contribution in [3.05, 3.63) is 62.0 Å². The summed E-state index contributed by atoms with van der Waals surface area (Å²) in [6, 6.07) is 8.88. The predicted octanol–water partition coefficient (Wildman–Crippen LogP) is 4.71. The number of anilines is 1. The quantitative estimate of drug-likeness (QED) is 0.800. The van der Waals surface area contributed by atoms with Gasteiger partial charge in [0, 0.05) is 20.2 Å². The number of halogens is 3. The molecule has 0 atom stereocenters. The number of benzene rings is 2. The normalized spacial score (nSPS) is 10.2. The maximum absolute atomic E-state index is 12.2. The lowest BCUT2D eigenvalue weighted by Gasteiger charge is -2.08. The number of nitrogens with one attached hydrogen (secondary N) is 1. The van der Waals surface area contributed by atoms with Gasteiger partial charge in [-0.2, -0.15) is 0 Å². The third-order valence-electron chi connectivity index (χ3n) is 2.58. The maximum atomic E-state index is 12.2. The molecular weight excluding hydrogens is 381 g/mol. The number of aromatic carboxylic acids is 1. The van der Waals surface area contributed by atoms with Gasteiger partial charge in [-0.15, -0.1) is 0 Å². The zero-order valence-electron chi connectivity index (χ0n) is 10.4. The molecular formula is C14H8BrCl2NO3. The summed E-state index contributed by atoms with van der Waals surface area (Å²) in [7, 11) is 0. The van der Waals surface area contributed by atoms with E-state index in [2.05, 4.69) is 21.2 Å². The van der Waals surface area contributed by atoms with Crippen molar-refractivity contribution in [2.75, 3.05) is 5.32 Å². The zero-order chi connectivity index (χ0) is 15.6. The van der Waals surface area contributed by atoms with E-state index >= 15 is 0 Å². The van der Waals surface area contributed by atoms with Crippen LogP contribution in [0.4, 0.5) is 5.69 Å². The molecule has 0 aliphatic rings. The lowest BCUT2D eigenvalue weighted by atomic mass is 10.1. The number of carbonyl (C=O) groups is 2. The van der Waals surface area contributed by atoms with Crippen LogP contribution in [0, 0.1) is 0 Å². The third kappa shape index (κ3) is 3.97. The number of carboxylic acid groups (broad SMARTS) is 1. The van der Waals surface area contributed by atoms with E-state index in [1.807, 2.05) is 0 Å². The fourth-order valence-electron chi connectivity index (χ4n) is 1.66. The van der Waals surface area contributed by atoms with Crippen LogP contribution in [0.15, 0.2) is 40.9 Å². The average molecular weight is 389 g/mol. The first kappa shape index (κ1) is 15.8. The first-order chi connectivity index (χ1) is 9.86. The Kier molecular flexibility index (Phi) is 4.88. The van der Waals surface area contributed by atoms with Gasteiger partial charge in [-0.3, -0.25) is 4.79 Å². The third-order valence-corrected chi connectivity index (χ3v) is 3.72. The molecule has 0 aromatic heterocycles. The van der Waals surface area contributed by atoms with Gasteiger partial charge in [0.25, 0.3) is 5.91 Å². The first-order valence-corrected chi connectivity index (χ1v) is 7.22. The van der Waals surface area contributed by atoms with Gasteiger partial charge in [0.1, 0.15) is 0 Å². The smallest absolute Gasteiger partial charge is 0.335 e. The number of carboxylic acids is 1. The number of hydrogen-bond donors (Lipinski definition) is 2. The van der Waals surface area contributed by atoms with E-state index < -0.39 is 11.9 Å². The van der Waals surface area contributed by atoms with Crippen molar-refractivity contribution in [3.63, 3.8) is 0 Å². The Morgan fingerprint density at radius 2 is 1.76 bits per heavy atom. The van der Waals surface area contributed by atoms with Gasteiger partial charge in [-0.05, 0) is 52.3 Å². The predicted molar refractivity (Wildman–Crippen MR) is 85.5 cm³/mol. The highest BCUT2D eigenvalue weighted by atomic mass is 79.9. The minimum absolute atomic E-state index is 0.0111. The van der Waals surface area contributed by atoms with Crippen LogP contribution in [0.3, 0.4) is 0 Å². The summed E-state index contributed by atoms with van der Waals surface area (Å²) in [6.07, 6.45) is 0. The lowest BCUT2D eigenvalue weighted by Crippen LogP contribution is -2.13. The molecule has 0 aliphatic carbocycles. The van der Waals surface area contributed by atoms with Crippen molar-refractivity contribution in [1.29, 1.82) is 0 Å². The number of hydrogen-bond acceptors (Lipinski definition) is 2. The van der Waals surface area contributed by atoms with E-state index in [9.17, 15) is 9.59 Å². The van der Waals surface area contributed by atoms with E-state index in [1.54, 1.807) is 12.1 Å². The molecule has 2 N–H and O–H groups in total. The van der Waals surface area contributed by atoms with Crippen LogP contribution < -0.4 is 5.32 Å². The second-order valence-corrected chi connectivity index (χ2v) is 5.84. The van der Waals surface area contributed by atoms with Crippen LogP contribution in [0.2, 0.25) is 10.0 Å². The fourth-order valence-corrected chi connectivity index (χ4v) is 2.49. The largest absolute Gasteiger partial charge is 0.478 e. The first-order valence-electron chi connectivity index (χ1n) is 5.67. The van der Waals surface area contributed by atoms with Crippen molar-refractivity contribution in [2.45, 2.75) is 0 Å². The molecule has 108 valence electrons. The van der Waals surface area contributed by atoms with Gasteiger partial charge in [-0.1, -0.05) is 23.2 Å². The Hall–Kier alpha value is -1.56. The second kappa shape index (κ2) is 6.47. The Morgan fingerprint density at radius 3 is 2.43 bits per heavy atom. The van der Waals surface area contributed by atoms with Crippen LogP contribution in [0.1, 0.15) is 20.7 Å². The van der Waals surface area contributed by atoms with Gasteiger partial charge >= 0.3 is 5.97 Å². The highest BCUT2D eigenvalue weighted by molar-refractivity contribution is 9.10. The maximum Gasteiger partial charge on any atom is 0.335 e. The second-order valence-electron chi connectivity index (χ2n) is 4.11. The van der Waals surface area contributed by atoms with Crippen LogP contribution in [-0.4, -0.2) is 17.0 Å². The minimum Gasteiger partial charge on any atom is -0.478 e. The van der Waals surface area contributed by atoms with Crippen LogP contribution in [0.5, 0.6) is 0 Å². The lowest BCUT2D eigenvalue weighted by molar-refractivity contribution is 0.0696. The van der Waals surface area contributed by atoms with E-state index in [4.69, 9.17) is 28.3 Å². The van der Waals surface area contributed by atoms with E-state index in [0.717, 1.165) is 0 Å². The highest BCUT2D eigenvalue weighted by Gasteiger charge is 2.13. The summed E-state index contributed by atoms with van der Waals surface area (Å²) < 4.78 is 0.574. The van der Waals surface area contributed by atoms with Gasteiger partial charge < -0.3 is 10.4 Å². The monoisotopic (exact) mass is 387 g/mol. The van der Waals surface area contributed by atoms with Crippen molar-refractivity contribution in [1.82, 2.24) is 0 Å². The van der Waals surface area contributed by atoms with Gasteiger partial charge in [0.05, 0.1) is 11.1 Å². The number of rotatable bonds is 3. The van der Waals surface area contributed by atoms with Crippen LogP contribution in [-0.2, 0) is 0 Å². The summed E-state index contributed by atoms with van der Waals surface area (Å²) in [4.78, 5) is 23.2. The highest BCUT2D eigenvalue weighted by Crippen LogP contribution is 2.24. The molecule has 0 fully saturated rings. The molecule has 1 amide bonds. The summed E-state index contributed by atoms with van der Waals surface area (Å²) >= 11 is 14.9. The molecule has 0 saturated carbocycles. The van der Waals surface area contributed by atoms with Crippen LogP contribution in [0.25, 0.3) is 0 Å². The van der Waals surface area contributed by atoms with Crippen molar-refractivity contribution >= 4 is 56.7 Å². The fraction of sp³-hybridized carbons (Fsp3) is 0. The molecule has 2 aromatic carbocycles. The molecule has 21 heavy (non-hydrogen) atoms. The molecule has 4 nitrogen and oxygen atoms in total. The Balaban J connectivity index is 2.31. The molecule has 0 unspecified atom stereocenters. The zero-order valence-corrected chi connectivity index (χ0v) is 13.5. The van der Waals surface area contributed by atoms with Crippen molar-refractivity contribution in [3.8, 4) is 0 Å². The summed E-state index contributed by atoms with van der Waals surface area (Å²) in [5.41, 5.74) is 0.610. The molecule has 0 radical (unpaired) electrons. The van der Waals surface area contributed by atoms with Crippen LogP contribution >= 0.6 is 39.1 Å². The van der Waals surface area contributed by atoms with Gasteiger partial charge in [0.15, 0.2) is 0 Å². The number of amides is 1. The van der Waals surface area contributed by atoms with E-state index in [-0.39, 0.29) is 16.3 Å². The topological polar surface area (TPSA) is 66.4 Å². The van der Waals surface area contributed by atoms with Crippen molar-refractivity contribution in [2.24, 2.45) is 0 Å². The summed E-state index contributed by atoms with van der Waals surface area (Å²) in [5, 5.41) is 12.2. The number of carbonyl (C=O) groups excluding carboxylic acids is 1. The summed E-state index contributed by atoms with van der Waals surface area (Å²) in [6.45, 7) is 0. The molecule has 2 aromatic rings. The summed E-state index contributed by atoms with van der Waals surface area (Å²) in [5.74, 6) is -1.56. The van der Waals surface area contributed by atoms with E-state index in [0.29, 0.717) is 15.1 Å². The molecule has 0 bridgehead atoms. The molecule has 7 heteroatoms. The van der Waals surface area contributed by atoms with E-state index in [1.165, 1.54) is 24.3 Å². The standard InChI is InChI=1S/C14H8BrCl2NO3/c15-12-2-1-8(16)6-11(12)13(19)18-10-4-7(14(20)21)3-9(17)5-10/h1-6H,(H,18,19)(H,20,21). The Bertz CT molecular complexity index is 734. The Morgan fingerprint density at radius 1 is 1.05 bits per heavy atom. The molecule has 2 rings (SSSR count). The SMILES string of the molecule is O=C(O)c1cc(Cl)cc(NC(=O)c2cc(Cl)ccc2Br)c1. The molecule has 0 heterocycles. The Labute approximate surface area is 138 Å². The van der Waals surface area contributed by atoms with Gasteiger partial charge in [0.2, 0.25) is 0 Å². The van der Waals surface area contributed by atoms with Gasteiger partial charge in [-0.25, -0.2) is 4.79 Å². The minimum atomic E-state index is -1.13. The average Bonchev–Trinajstić information content (AvgIpc) is 2.40. The molecule has 0 saturated heterocycles. The molecule has 0 aliphatic heterocycles. The van der Waals surface area contributed by atoms with Crippen molar-refractivity contribution < 1.29 is 14.7 Å². The molecule has 0 spiro atoms.